The van der Waals surface area contributed by atoms with Gasteiger partial charge in [-0.05, 0) is 24.1 Å². The molecule has 86 valence electrons. The van der Waals surface area contributed by atoms with E-state index in [0.29, 0.717) is 0 Å². The van der Waals surface area contributed by atoms with Crippen LogP contribution in [0.25, 0.3) is 0 Å². The first-order valence-electron chi connectivity index (χ1n) is 3.82. The Hall–Kier alpha value is -1.19. The molecule has 0 saturated carbocycles. The van der Waals surface area contributed by atoms with Gasteiger partial charge in [0.25, 0.3) is 0 Å². The number of sulfone groups is 1. The molecule has 0 aliphatic rings. The molecule has 0 spiro atoms. The second kappa shape index (κ2) is 4.36. The van der Waals surface area contributed by atoms with Crippen molar-refractivity contribution < 1.29 is 21.6 Å². The molecule has 0 aromatic heterocycles. The van der Waals surface area contributed by atoms with E-state index in [1.54, 1.807) is 0 Å². The van der Waals surface area contributed by atoms with Crippen LogP contribution in [0, 0.1) is 11.2 Å². The van der Waals surface area contributed by atoms with Crippen LogP contribution in [0.4, 0.5) is 13.2 Å². The van der Waals surface area contributed by atoms with Crippen molar-refractivity contribution in [3.8, 4) is 11.2 Å². The molecule has 0 amide bonds. The number of benzene rings is 1. The van der Waals surface area contributed by atoms with Crippen molar-refractivity contribution in [2.75, 3.05) is 0 Å². The van der Waals surface area contributed by atoms with Crippen molar-refractivity contribution in [3.05, 3.63) is 34.9 Å². The topological polar surface area (TPSA) is 34.1 Å². The Morgan fingerprint density at radius 3 is 2.38 bits per heavy atom. The molecule has 0 heterocycles. The van der Waals surface area contributed by atoms with Gasteiger partial charge in [0.15, 0.2) is 0 Å². The molecule has 16 heavy (non-hydrogen) atoms. The zero-order valence-corrected chi connectivity index (χ0v) is 9.12. The summed E-state index contributed by atoms with van der Waals surface area (Å²) < 4.78 is 56.9. The average Bonchev–Trinajstić information content (AvgIpc) is 2.13. The molecule has 0 unspecified atom stereocenters. The number of hydrogen-bond acceptors (Lipinski definition) is 2. The number of hydrogen-bond donors (Lipinski definition) is 0. The van der Waals surface area contributed by atoms with Gasteiger partial charge < -0.3 is 0 Å². The molecule has 0 bridgehead atoms. The maximum atomic E-state index is 11.9. The molecule has 1 aromatic carbocycles. The molecule has 0 atom stereocenters. The molecule has 1 aromatic rings. The molecule has 0 saturated heterocycles. The summed E-state index contributed by atoms with van der Waals surface area (Å²) in [6.07, 6.45) is 0. The molecule has 0 N–H and O–H groups in total. The lowest BCUT2D eigenvalue weighted by Gasteiger charge is -1.99. The third kappa shape index (κ3) is 3.15. The Balaban J connectivity index is 3.09. The first-order chi connectivity index (χ1) is 7.22. The van der Waals surface area contributed by atoms with E-state index in [1.807, 2.05) is 5.92 Å². The lowest BCUT2D eigenvalue weighted by molar-refractivity contribution is -0.0420. The first kappa shape index (κ1) is 12.9. The molecule has 7 heteroatoms. The summed E-state index contributed by atoms with van der Waals surface area (Å²) in [5.41, 5.74) is -5.27. The summed E-state index contributed by atoms with van der Waals surface area (Å²) in [4.78, 5) is 0. The Labute approximate surface area is 95.0 Å². The van der Waals surface area contributed by atoms with E-state index in [-0.39, 0.29) is 10.6 Å². The fourth-order valence-corrected chi connectivity index (χ4v) is 1.31. The predicted molar refractivity (Wildman–Crippen MR) is 53.3 cm³/mol. The SMILES string of the molecule is O=S(=O)(C#Cc1cccc(Cl)c1)C(F)(F)F. The fourth-order valence-electron chi connectivity index (χ4n) is 0.750. The van der Waals surface area contributed by atoms with Crippen LogP contribution in [0.3, 0.4) is 0 Å². The van der Waals surface area contributed by atoms with Gasteiger partial charge in [0.05, 0.1) is 0 Å². The van der Waals surface area contributed by atoms with Crippen LogP contribution in [0.5, 0.6) is 0 Å². The third-order valence-electron chi connectivity index (χ3n) is 1.46. The third-order valence-corrected chi connectivity index (χ3v) is 2.67. The highest BCUT2D eigenvalue weighted by atomic mass is 35.5. The molecule has 1 rings (SSSR count). The van der Waals surface area contributed by atoms with Gasteiger partial charge in [-0.15, -0.1) is 0 Å². The van der Waals surface area contributed by atoms with Gasteiger partial charge in [0, 0.05) is 15.8 Å². The second-order valence-electron chi connectivity index (χ2n) is 2.69. The van der Waals surface area contributed by atoms with Gasteiger partial charge in [-0.3, -0.25) is 0 Å². The summed E-state index contributed by atoms with van der Waals surface area (Å²) in [6, 6.07) is 5.56. The zero-order valence-electron chi connectivity index (χ0n) is 7.55. The van der Waals surface area contributed by atoms with E-state index in [2.05, 4.69) is 0 Å². The zero-order chi connectivity index (χ0) is 12.4. The minimum Gasteiger partial charge on any atom is -0.206 e. The highest BCUT2D eigenvalue weighted by Crippen LogP contribution is 2.23. The normalized spacial score (nSPS) is 11.8. The molecule has 2 nitrogen and oxygen atoms in total. The largest absolute Gasteiger partial charge is 0.509 e. The van der Waals surface area contributed by atoms with Crippen molar-refractivity contribution in [2.24, 2.45) is 0 Å². The standard InChI is InChI=1S/C9H4ClF3O2S/c10-8-3-1-2-7(6-8)4-5-16(14,15)9(11,12)13/h1-3,6H. The van der Waals surface area contributed by atoms with Crippen molar-refractivity contribution in [1.29, 1.82) is 0 Å². The highest BCUT2D eigenvalue weighted by molar-refractivity contribution is 7.96. The fraction of sp³-hybridized carbons (Fsp3) is 0.111. The van der Waals surface area contributed by atoms with E-state index in [4.69, 9.17) is 11.6 Å². The smallest absolute Gasteiger partial charge is 0.206 e. The summed E-state index contributed by atoms with van der Waals surface area (Å²) in [5, 5.41) is 1.44. The lowest BCUT2D eigenvalue weighted by Crippen LogP contribution is -2.20. The van der Waals surface area contributed by atoms with E-state index in [0.717, 1.165) is 0 Å². The minimum atomic E-state index is -5.41. The number of halogens is 4. The molecular weight excluding hydrogens is 265 g/mol. The monoisotopic (exact) mass is 268 g/mol. The molecule has 0 aliphatic heterocycles. The summed E-state index contributed by atoms with van der Waals surface area (Å²) >= 11 is 5.55. The Bertz CT molecular complexity index is 552. The van der Waals surface area contributed by atoms with E-state index < -0.39 is 15.3 Å². The van der Waals surface area contributed by atoms with E-state index in [1.165, 1.54) is 29.5 Å². The maximum Gasteiger partial charge on any atom is 0.509 e. The van der Waals surface area contributed by atoms with Crippen molar-refractivity contribution in [2.45, 2.75) is 5.51 Å². The van der Waals surface area contributed by atoms with Crippen LogP contribution in [0.2, 0.25) is 5.02 Å². The van der Waals surface area contributed by atoms with Crippen molar-refractivity contribution >= 4 is 21.4 Å². The summed E-state index contributed by atoms with van der Waals surface area (Å²) in [5.74, 6) is 1.89. The van der Waals surface area contributed by atoms with Crippen molar-refractivity contribution in [1.82, 2.24) is 0 Å². The highest BCUT2D eigenvalue weighted by Gasteiger charge is 2.44. The Morgan fingerprint density at radius 1 is 1.25 bits per heavy atom. The second-order valence-corrected chi connectivity index (χ2v) is 4.80. The molecule has 0 fully saturated rings. The number of alkyl halides is 3. The molecule has 0 aliphatic carbocycles. The summed E-state index contributed by atoms with van der Waals surface area (Å²) in [6.45, 7) is 0. The van der Waals surface area contributed by atoms with Gasteiger partial charge in [0.1, 0.15) is 0 Å². The predicted octanol–water partition coefficient (Wildman–Crippen LogP) is 2.58. The van der Waals surface area contributed by atoms with Gasteiger partial charge in [-0.2, -0.15) is 13.2 Å². The summed E-state index contributed by atoms with van der Waals surface area (Å²) in [7, 11) is -5.41. The van der Waals surface area contributed by atoms with E-state index in [9.17, 15) is 21.6 Å². The Morgan fingerprint density at radius 2 is 1.88 bits per heavy atom. The lowest BCUT2D eigenvalue weighted by atomic mass is 10.2. The van der Waals surface area contributed by atoms with Gasteiger partial charge in [0.2, 0.25) is 0 Å². The maximum absolute atomic E-state index is 11.9. The average molecular weight is 269 g/mol. The number of rotatable bonds is 0. The quantitative estimate of drug-likeness (QED) is 0.678. The molecule has 0 radical (unpaired) electrons. The molecular formula is C9H4ClF3O2S. The van der Waals surface area contributed by atoms with Crippen LogP contribution in [-0.2, 0) is 9.84 Å². The van der Waals surface area contributed by atoms with Crippen LogP contribution in [0.15, 0.2) is 24.3 Å². The Kier molecular flexibility index (Phi) is 3.51. The van der Waals surface area contributed by atoms with Crippen molar-refractivity contribution in [3.63, 3.8) is 0 Å². The van der Waals surface area contributed by atoms with Gasteiger partial charge in [-0.25, -0.2) is 8.42 Å². The minimum absolute atomic E-state index is 0.0975. The van der Waals surface area contributed by atoms with Crippen LogP contribution in [0.1, 0.15) is 5.56 Å². The van der Waals surface area contributed by atoms with Crippen LogP contribution in [-0.4, -0.2) is 13.9 Å². The van der Waals surface area contributed by atoms with E-state index >= 15 is 0 Å². The van der Waals surface area contributed by atoms with Crippen LogP contribution < -0.4 is 0 Å². The van der Waals surface area contributed by atoms with Gasteiger partial charge >= 0.3 is 15.3 Å². The van der Waals surface area contributed by atoms with Gasteiger partial charge in [-0.1, -0.05) is 17.7 Å². The van der Waals surface area contributed by atoms with Crippen LogP contribution >= 0.6 is 11.6 Å². The first-order valence-corrected chi connectivity index (χ1v) is 5.68.